The third-order valence-electron chi connectivity index (χ3n) is 3.13. The summed E-state index contributed by atoms with van der Waals surface area (Å²) in [4.78, 5) is 0. The summed E-state index contributed by atoms with van der Waals surface area (Å²) in [7, 11) is 1.70. The molecule has 0 atom stereocenters. The Hall–Kier alpha value is -1.50. The monoisotopic (exact) mass is 241 g/mol. The second-order valence-corrected chi connectivity index (χ2v) is 5.15. The van der Waals surface area contributed by atoms with Crippen molar-refractivity contribution in [3.05, 3.63) is 54.0 Å². The number of allylic oxidation sites excluding steroid dienone is 4. The van der Waals surface area contributed by atoms with Crippen LogP contribution in [0, 0.1) is 12.3 Å². The molecule has 1 aromatic carbocycles. The van der Waals surface area contributed by atoms with Gasteiger partial charge in [0.2, 0.25) is 0 Å². The van der Waals surface area contributed by atoms with E-state index < -0.39 is 0 Å². The second kappa shape index (κ2) is 5.90. The number of rotatable bonds is 4. The van der Waals surface area contributed by atoms with Crippen LogP contribution in [0.15, 0.2) is 42.0 Å². The fourth-order valence-electron chi connectivity index (χ4n) is 2.25. The fraction of sp³-hybridized carbons (Fsp3) is 0.353. The molecule has 0 bridgehead atoms. The third-order valence-corrected chi connectivity index (χ3v) is 3.13. The van der Waals surface area contributed by atoms with Crippen LogP contribution in [-0.4, -0.2) is 7.11 Å². The molecule has 0 aromatic heterocycles. The molecule has 1 radical (unpaired) electrons. The lowest BCUT2D eigenvalue weighted by atomic mass is 9.90. The van der Waals surface area contributed by atoms with E-state index >= 15 is 0 Å². The van der Waals surface area contributed by atoms with E-state index in [4.69, 9.17) is 4.74 Å². The number of methoxy groups -OCH3 is 1. The summed E-state index contributed by atoms with van der Waals surface area (Å²) >= 11 is 0. The van der Waals surface area contributed by atoms with Crippen LogP contribution in [0.4, 0.5) is 0 Å². The maximum atomic E-state index is 5.19. The quantitative estimate of drug-likeness (QED) is 0.745. The van der Waals surface area contributed by atoms with Gasteiger partial charge in [0, 0.05) is 0 Å². The molecule has 0 saturated carbocycles. The van der Waals surface area contributed by atoms with Crippen molar-refractivity contribution in [3.8, 4) is 5.75 Å². The molecule has 18 heavy (non-hydrogen) atoms. The SMILES string of the molecule is COc1ccc(C2=CC(CC(C)C)=CC[CH]2)cc1. The average Bonchev–Trinajstić information content (AvgIpc) is 2.38. The van der Waals surface area contributed by atoms with Gasteiger partial charge in [-0.1, -0.05) is 43.7 Å². The van der Waals surface area contributed by atoms with Gasteiger partial charge in [-0.15, -0.1) is 0 Å². The second-order valence-electron chi connectivity index (χ2n) is 5.15. The van der Waals surface area contributed by atoms with E-state index in [1.54, 1.807) is 7.11 Å². The molecule has 1 aliphatic rings. The van der Waals surface area contributed by atoms with Crippen molar-refractivity contribution in [2.24, 2.45) is 5.92 Å². The number of hydrogen-bond acceptors (Lipinski definition) is 1. The van der Waals surface area contributed by atoms with E-state index in [9.17, 15) is 0 Å². The summed E-state index contributed by atoms with van der Waals surface area (Å²) < 4.78 is 5.19. The third kappa shape index (κ3) is 3.25. The lowest BCUT2D eigenvalue weighted by Gasteiger charge is -2.15. The van der Waals surface area contributed by atoms with Gasteiger partial charge >= 0.3 is 0 Å². The van der Waals surface area contributed by atoms with Crippen LogP contribution in [0.1, 0.15) is 32.3 Å². The minimum Gasteiger partial charge on any atom is -0.497 e. The number of ether oxygens (including phenoxy) is 1. The van der Waals surface area contributed by atoms with Gasteiger partial charge in [0.05, 0.1) is 7.11 Å². The van der Waals surface area contributed by atoms with Gasteiger partial charge in [0.15, 0.2) is 0 Å². The van der Waals surface area contributed by atoms with E-state index in [2.05, 4.69) is 44.6 Å². The predicted molar refractivity (Wildman–Crippen MR) is 77.4 cm³/mol. The molecule has 0 heterocycles. The molecular weight excluding hydrogens is 220 g/mol. The molecule has 95 valence electrons. The Labute approximate surface area is 110 Å². The Balaban J connectivity index is 2.16. The summed E-state index contributed by atoms with van der Waals surface area (Å²) in [6, 6.07) is 8.29. The van der Waals surface area contributed by atoms with Gasteiger partial charge in [0.25, 0.3) is 0 Å². The largest absolute Gasteiger partial charge is 0.497 e. The molecule has 0 amide bonds. The van der Waals surface area contributed by atoms with E-state index in [0.29, 0.717) is 5.92 Å². The van der Waals surface area contributed by atoms with Gasteiger partial charge in [-0.2, -0.15) is 0 Å². The summed E-state index contributed by atoms with van der Waals surface area (Å²) in [5.74, 6) is 1.62. The predicted octanol–water partition coefficient (Wildman–Crippen LogP) is 4.66. The molecule has 0 aliphatic heterocycles. The first-order chi connectivity index (χ1) is 8.69. The van der Waals surface area contributed by atoms with Crippen molar-refractivity contribution in [2.45, 2.75) is 26.7 Å². The Morgan fingerprint density at radius 3 is 2.50 bits per heavy atom. The van der Waals surface area contributed by atoms with Crippen molar-refractivity contribution in [3.63, 3.8) is 0 Å². The van der Waals surface area contributed by atoms with Crippen molar-refractivity contribution in [1.29, 1.82) is 0 Å². The number of hydrogen-bond donors (Lipinski definition) is 0. The van der Waals surface area contributed by atoms with Crippen molar-refractivity contribution in [1.82, 2.24) is 0 Å². The molecule has 1 nitrogen and oxygen atoms in total. The van der Waals surface area contributed by atoms with Gasteiger partial charge in [-0.05, 0) is 48.4 Å². The van der Waals surface area contributed by atoms with Gasteiger partial charge in [-0.25, -0.2) is 0 Å². The molecule has 0 unspecified atom stereocenters. The van der Waals surface area contributed by atoms with Crippen LogP contribution in [0.5, 0.6) is 5.75 Å². The summed E-state index contributed by atoms with van der Waals surface area (Å²) in [5, 5.41) is 0. The molecule has 0 N–H and O–H groups in total. The molecule has 1 aromatic rings. The normalized spacial score (nSPS) is 15.3. The van der Waals surface area contributed by atoms with Crippen LogP contribution in [-0.2, 0) is 0 Å². The molecule has 1 aliphatic carbocycles. The highest BCUT2D eigenvalue weighted by Crippen LogP contribution is 2.29. The lowest BCUT2D eigenvalue weighted by Crippen LogP contribution is -1.97. The number of benzene rings is 1. The highest BCUT2D eigenvalue weighted by atomic mass is 16.5. The van der Waals surface area contributed by atoms with Crippen LogP contribution in [0.3, 0.4) is 0 Å². The van der Waals surface area contributed by atoms with Crippen LogP contribution in [0.25, 0.3) is 5.57 Å². The van der Waals surface area contributed by atoms with Gasteiger partial charge < -0.3 is 4.74 Å². The van der Waals surface area contributed by atoms with Crippen LogP contribution < -0.4 is 4.74 Å². The smallest absolute Gasteiger partial charge is 0.118 e. The first-order valence-corrected chi connectivity index (χ1v) is 6.57. The highest BCUT2D eigenvalue weighted by Gasteiger charge is 2.09. The van der Waals surface area contributed by atoms with E-state index in [0.717, 1.165) is 18.6 Å². The van der Waals surface area contributed by atoms with Crippen molar-refractivity contribution in [2.75, 3.05) is 7.11 Å². The lowest BCUT2D eigenvalue weighted by molar-refractivity contribution is 0.415. The Kier molecular flexibility index (Phi) is 4.24. The zero-order chi connectivity index (χ0) is 13.0. The Bertz CT molecular complexity index is 449. The average molecular weight is 241 g/mol. The maximum absolute atomic E-state index is 5.19. The minimum atomic E-state index is 0.711. The maximum Gasteiger partial charge on any atom is 0.118 e. The summed E-state index contributed by atoms with van der Waals surface area (Å²) in [6.07, 6.45) is 9.12. The Morgan fingerprint density at radius 1 is 1.17 bits per heavy atom. The Morgan fingerprint density at radius 2 is 1.89 bits per heavy atom. The minimum absolute atomic E-state index is 0.711. The zero-order valence-electron chi connectivity index (χ0n) is 11.4. The first-order valence-electron chi connectivity index (χ1n) is 6.57. The van der Waals surface area contributed by atoms with E-state index in [-0.39, 0.29) is 0 Å². The molecule has 0 spiro atoms. The highest BCUT2D eigenvalue weighted by molar-refractivity contribution is 5.75. The molecular formula is C17H21O. The van der Waals surface area contributed by atoms with E-state index in [1.165, 1.54) is 16.7 Å². The van der Waals surface area contributed by atoms with Gasteiger partial charge in [-0.3, -0.25) is 0 Å². The van der Waals surface area contributed by atoms with E-state index in [1.807, 2.05) is 12.1 Å². The summed E-state index contributed by atoms with van der Waals surface area (Å²) in [5.41, 5.74) is 4.05. The molecule has 2 rings (SSSR count). The molecule has 0 saturated heterocycles. The van der Waals surface area contributed by atoms with Crippen LogP contribution >= 0.6 is 0 Å². The standard InChI is InChI=1S/C17H21O/c1-13(2)11-14-5-4-6-16(12-14)15-7-9-17(18-3)10-8-15/h5-10,12-13H,4,11H2,1-3H3. The van der Waals surface area contributed by atoms with Crippen molar-refractivity contribution < 1.29 is 4.74 Å². The molecule has 0 fully saturated rings. The summed E-state index contributed by atoms with van der Waals surface area (Å²) in [6.45, 7) is 4.53. The van der Waals surface area contributed by atoms with Crippen molar-refractivity contribution >= 4 is 5.57 Å². The fourth-order valence-corrected chi connectivity index (χ4v) is 2.25. The van der Waals surface area contributed by atoms with Gasteiger partial charge in [0.1, 0.15) is 5.75 Å². The van der Waals surface area contributed by atoms with Crippen LogP contribution in [0.2, 0.25) is 0 Å². The first kappa shape index (κ1) is 12.9. The molecule has 1 heteroatoms. The topological polar surface area (TPSA) is 9.23 Å². The zero-order valence-corrected chi connectivity index (χ0v) is 11.4.